The second kappa shape index (κ2) is 12.4. The molecule has 23 heavy (non-hydrogen) atoms. The molecule has 0 bridgehead atoms. The molecule has 0 heterocycles. The third-order valence-corrected chi connectivity index (χ3v) is 3.38. The Morgan fingerprint density at radius 3 is 1.22 bits per heavy atom. The third kappa shape index (κ3) is 29.6. The van der Waals surface area contributed by atoms with Crippen molar-refractivity contribution < 1.29 is 19.8 Å². The number of unbranched alkanes of at least 4 members (excludes halogenated alkanes) is 3. The summed E-state index contributed by atoms with van der Waals surface area (Å²) in [5.74, 6) is -1.36. The maximum atomic E-state index is 10.2. The zero-order chi connectivity index (χ0) is 18.5. The fourth-order valence-electron chi connectivity index (χ4n) is 2.04. The van der Waals surface area contributed by atoms with Crippen molar-refractivity contribution in [2.45, 2.75) is 99.3 Å². The molecule has 0 aromatic rings. The van der Waals surface area contributed by atoms with E-state index in [1.54, 1.807) is 0 Å². The Morgan fingerprint density at radius 1 is 0.609 bits per heavy atom. The number of aliphatic carboxylic acids is 2. The fraction of sp³-hybridized carbons (Fsp3) is 0.895. The van der Waals surface area contributed by atoms with Gasteiger partial charge in [0.15, 0.2) is 0 Å². The summed E-state index contributed by atoms with van der Waals surface area (Å²) in [6.07, 6.45) is 7.79. The van der Waals surface area contributed by atoms with Gasteiger partial charge in [0.1, 0.15) is 0 Å². The minimum Gasteiger partial charge on any atom is -0.481 e. The van der Waals surface area contributed by atoms with E-state index in [2.05, 4.69) is 41.5 Å². The molecule has 0 aromatic carbocycles. The van der Waals surface area contributed by atoms with Crippen molar-refractivity contribution in [2.24, 2.45) is 10.8 Å². The molecule has 0 fully saturated rings. The summed E-state index contributed by atoms with van der Waals surface area (Å²) in [5.41, 5.74) is 0.738. The van der Waals surface area contributed by atoms with Crippen molar-refractivity contribution >= 4 is 11.9 Å². The van der Waals surface area contributed by atoms with Crippen molar-refractivity contribution in [3.05, 3.63) is 0 Å². The van der Waals surface area contributed by atoms with Crippen molar-refractivity contribution in [1.29, 1.82) is 0 Å². The third-order valence-electron chi connectivity index (χ3n) is 3.38. The molecule has 0 saturated heterocycles. The van der Waals surface area contributed by atoms with Gasteiger partial charge >= 0.3 is 11.9 Å². The summed E-state index contributed by atoms with van der Waals surface area (Å²) in [7, 11) is 0. The Hall–Kier alpha value is -1.06. The SMILES string of the molecule is CC(C)(C)CCCCC(=O)O.CC(C)(C)CCCCCC(=O)O. The predicted octanol–water partition coefficient (Wildman–Crippen LogP) is 5.75. The first-order valence-electron chi connectivity index (χ1n) is 8.77. The second-order valence-corrected chi connectivity index (χ2v) is 8.68. The van der Waals surface area contributed by atoms with E-state index in [1.165, 1.54) is 6.42 Å². The van der Waals surface area contributed by atoms with Gasteiger partial charge in [0.2, 0.25) is 0 Å². The quantitative estimate of drug-likeness (QED) is 0.528. The van der Waals surface area contributed by atoms with Crippen molar-refractivity contribution in [1.82, 2.24) is 0 Å². The molecule has 0 radical (unpaired) electrons. The molecule has 0 aromatic heterocycles. The van der Waals surface area contributed by atoms with Crippen LogP contribution in [0.3, 0.4) is 0 Å². The Balaban J connectivity index is 0. The minimum absolute atomic E-state index is 0.316. The molecule has 0 saturated carbocycles. The van der Waals surface area contributed by atoms with Gasteiger partial charge in [-0.05, 0) is 36.5 Å². The highest BCUT2D eigenvalue weighted by Gasteiger charge is 2.09. The average Bonchev–Trinajstić information content (AvgIpc) is 2.32. The lowest BCUT2D eigenvalue weighted by Gasteiger charge is -2.17. The van der Waals surface area contributed by atoms with Gasteiger partial charge < -0.3 is 10.2 Å². The largest absolute Gasteiger partial charge is 0.481 e. The monoisotopic (exact) mass is 330 g/mol. The summed E-state index contributed by atoms with van der Waals surface area (Å²) < 4.78 is 0. The van der Waals surface area contributed by atoms with Gasteiger partial charge in [-0.3, -0.25) is 9.59 Å². The van der Waals surface area contributed by atoms with Gasteiger partial charge in [-0.1, -0.05) is 60.8 Å². The highest BCUT2D eigenvalue weighted by atomic mass is 16.4. The topological polar surface area (TPSA) is 74.6 Å². The lowest BCUT2D eigenvalue weighted by molar-refractivity contribution is -0.138. The number of carbonyl (C=O) groups is 2. The molecular formula is C19H38O4. The zero-order valence-electron chi connectivity index (χ0n) is 16.1. The standard InChI is InChI=1S/C10H20O2.C9H18O2/c1-10(2,3)8-6-4-5-7-9(11)12;1-9(2,3)7-5-4-6-8(10)11/h4-8H2,1-3H3,(H,11,12);4-7H2,1-3H3,(H,10,11). The van der Waals surface area contributed by atoms with Crippen LogP contribution < -0.4 is 0 Å². The van der Waals surface area contributed by atoms with Crippen molar-refractivity contribution in [3.8, 4) is 0 Å². The van der Waals surface area contributed by atoms with Crippen LogP contribution in [0.15, 0.2) is 0 Å². The minimum atomic E-state index is -0.682. The van der Waals surface area contributed by atoms with E-state index in [1.807, 2.05) is 0 Å². The van der Waals surface area contributed by atoms with E-state index in [9.17, 15) is 9.59 Å². The summed E-state index contributed by atoms with van der Waals surface area (Å²) in [6.45, 7) is 13.2. The summed E-state index contributed by atoms with van der Waals surface area (Å²) in [6, 6.07) is 0. The molecular weight excluding hydrogens is 292 g/mol. The molecule has 0 aliphatic carbocycles. The Labute approximate surface area is 142 Å². The van der Waals surface area contributed by atoms with Crippen LogP contribution in [0.25, 0.3) is 0 Å². The molecule has 138 valence electrons. The van der Waals surface area contributed by atoms with Crippen LogP contribution in [0.1, 0.15) is 99.3 Å². The van der Waals surface area contributed by atoms with Crippen LogP contribution in [-0.2, 0) is 9.59 Å². The highest BCUT2D eigenvalue weighted by molar-refractivity contribution is 5.66. The first kappa shape index (κ1) is 24.2. The molecule has 2 N–H and O–H groups in total. The second-order valence-electron chi connectivity index (χ2n) is 8.68. The molecule has 0 unspecified atom stereocenters. The van der Waals surface area contributed by atoms with Gasteiger partial charge in [0, 0.05) is 12.8 Å². The predicted molar refractivity (Wildman–Crippen MR) is 95.7 cm³/mol. The van der Waals surface area contributed by atoms with Gasteiger partial charge in [0.25, 0.3) is 0 Å². The number of rotatable bonds is 9. The van der Waals surface area contributed by atoms with E-state index in [0.717, 1.165) is 38.5 Å². The van der Waals surface area contributed by atoms with Crippen LogP contribution in [0, 0.1) is 10.8 Å². The zero-order valence-corrected chi connectivity index (χ0v) is 16.1. The van der Waals surface area contributed by atoms with Crippen molar-refractivity contribution in [2.75, 3.05) is 0 Å². The van der Waals surface area contributed by atoms with E-state index < -0.39 is 11.9 Å². The average molecular weight is 331 g/mol. The van der Waals surface area contributed by atoms with Gasteiger partial charge in [0.05, 0.1) is 0 Å². The van der Waals surface area contributed by atoms with Crippen LogP contribution >= 0.6 is 0 Å². The van der Waals surface area contributed by atoms with Crippen LogP contribution in [0.4, 0.5) is 0 Å². The van der Waals surface area contributed by atoms with Gasteiger partial charge in [-0.2, -0.15) is 0 Å². The molecule has 0 spiro atoms. The number of carboxylic acids is 2. The Kier molecular flexibility index (Phi) is 13.0. The molecule has 4 heteroatoms. The number of carboxylic acid groups (broad SMARTS) is 2. The first-order chi connectivity index (χ1) is 10.3. The van der Waals surface area contributed by atoms with E-state index in [4.69, 9.17) is 10.2 Å². The fourth-order valence-corrected chi connectivity index (χ4v) is 2.04. The van der Waals surface area contributed by atoms with E-state index in [-0.39, 0.29) is 0 Å². The molecule has 0 aliphatic rings. The summed E-state index contributed by atoms with van der Waals surface area (Å²) >= 11 is 0. The lowest BCUT2D eigenvalue weighted by Crippen LogP contribution is -2.04. The van der Waals surface area contributed by atoms with Crippen LogP contribution in [0.2, 0.25) is 0 Å². The van der Waals surface area contributed by atoms with Gasteiger partial charge in [-0.25, -0.2) is 0 Å². The molecule has 4 nitrogen and oxygen atoms in total. The number of hydrogen-bond acceptors (Lipinski definition) is 2. The summed E-state index contributed by atoms with van der Waals surface area (Å²) in [4.78, 5) is 20.3. The Morgan fingerprint density at radius 2 is 0.913 bits per heavy atom. The maximum Gasteiger partial charge on any atom is 0.303 e. The van der Waals surface area contributed by atoms with E-state index in [0.29, 0.717) is 23.7 Å². The van der Waals surface area contributed by atoms with Crippen LogP contribution in [0.5, 0.6) is 0 Å². The molecule has 0 atom stereocenters. The molecule has 0 aliphatic heterocycles. The highest BCUT2D eigenvalue weighted by Crippen LogP contribution is 2.22. The number of hydrogen-bond donors (Lipinski definition) is 2. The normalized spacial score (nSPS) is 11.6. The lowest BCUT2D eigenvalue weighted by atomic mass is 9.89. The maximum absolute atomic E-state index is 10.2. The van der Waals surface area contributed by atoms with Crippen molar-refractivity contribution in [3.63, 3.8) is 0 Å². The summed E-state index contributed by atoms with van der Waals surface area (Å²) in [5, 5.41) is 16.7. The first-order valence-corrected chi connectivity index (χ1v) is 8.77. The molecule has 0 rings (SSSR count). The van der Waals surface area contributed by atoms with Gasteiger partial charge in [-0.15, -0.1) is 0 Å². The Bertz CT molecular complexity index is 321. The van der Waals surface area contributed by atoms with E-state index >= 15 is 0 Å². The van der Waals surface area contributed by atoms with Crippen LogP contribution in [-0.4, -0.2) is 22.2 Å². The smallest absolute Gasteiger partial charge is 0.303 e. The molecule has 0 amide bonds.